The van der Waals surface area contributed by atoms with Crippen LogP contribution >= 0.6 is 15.9 Å². The van der Waals surface area contributed by atoms with E-state index in [0.29, 0.717) is 10.7 Å². The summed E-state index contributed by atoms with van der Waals surface area (Å²) >= 11 is 3.72. The predicted octanol–water partition coefficient (Wildman–Crippen LogP) is 3.26. The first kappa shape index (κ1) is 11.4. The van der Waals surface area contributed by atoms with E-state index in [9.17, 15) is 5.26 Å². The molecule has 1 saturated carbocycles. The Bertz CT molecular complexity index is 313. The van der Waals surface area contributed by atoms with Crippen molar-refractivity contribution in [3.8, 4) is 6.07 Å². The van der Waals surface area contributed by atoms with Gasteiger partial charge in [0.15, 0.2) is 0 Å². The van der Waals surface area contributed by atoms with Gasteiger partial charge in [-0.05, 0) is 33.1 Å². The van der Waals surface area contributed by atoms with E-state index >= 15 is 0 Å². The van der Waals surface area contributed by atoms with E-state index < -0.39 is 0 Å². The highest BCUT2D eigenvalue weighted by molar-refractivity contribution is 9.09. The molecule has 2 fully saturated rings. The fourth-order valence-electron chi connectivity index (χ4n) is 3.34. The molecule has 4 unspecified atom stereocenters. The van der Waals surface area contributed by atoms with Gasteiger partial charge in [0.25, 0.3) is 0 Å². The van der Waals surface area contributed by atoms with Gasteiger partial charge < -0.3 is 4.74 Å². The van der Waals surface area contributed by atoms with Crippen LogP contribution in [0.15, 0.2) is 0 Å². The Morgan fingerprint density at radius 3 is 2.73 bits per heavy atom. The molecule has 1 aliphatic carbocycles. The normalized spacial score (nSPS) is 53.9. The van der Waals surface area contributed by atoms with Crippen LogP contribution < -0.4 is 0 Å². The first-order chi connectivity index (χ1) is 6.96. The molecule has 0 amide bonds. The first-order valence-corrected chi connectivity index (χ1v) is 6.61. The number of ether oxygens (including phenoxy) is 1. The molecule has 1 aliphatic heterocycles. The smallest absolute Gasteiger partial charge is 0.0714 e. The number of halogens is 1. The maximum absolute atomic E-state index is 9.32. The van der Waals surface area contributed by atoms with Crippen LogP contribution in [0.25, 0.3) is 0 Å². The highest BCUT2D eigenvalue weighted by Gasteiger charge is 2.60. The molecule has 5 atom stereocenters. The van der Waals surface area contributed by atoms with Crippen molar-refractivity contribution in [2.45, 2.75) is 56.6 Å². The monoisotopic (exact) mass is 271 g/mol. The molecule has 1 heterocycles. The Morgan fingerprint density at radius 1 is 1.60 bits per heavy atom. The minimum atomic E-state index is -0.147. The highest BCUT2D eigenvalue weighted by Crippen LogP contribution is 2.58. The first-order valence-electron chi connectivity index (χ1n) is 5.69. The number of fused-ring (bicyclic) bond motifs is 1. The maximum atomic E-state index is 9.32. The van der Waals surface area contributed by atoms with Crippen LogP contribution in [-0.4, -0.2) is 16.5 Å². The number of rotatable bonds is 1. The minimum absolute atomic E-state index is 0.0840. The number of nitriles is 1. The van der Waals surface area contributed by atoms with E-state index in [1.807, 2.05) is 0 Å². The summed E-state index contributed by atoms with van der Waals surface area (Å²) in [5.74, 6) is 0.493. The fourth-order valence-corrected chi connectivity index (χ4v) is 4.19. The topological polar surface area (TPSA) is 33.0 Å². The van der Waals surface area contributed by atoms with E-state index in [1.54, 1.807) is 0 Å². The molecule has 84 valence electrons. The summed E-state index contributed by atoms with van der Waals surface area (Å²) in [6.07, 6.45) is 3.09. The Balaban J connectivity index is 2.27. The van der Waals surface area contributed by atoms with Crippen LogP contribution in [0.4, 0.5) is 0 Å². The molecular weight excluding hydrogens is 254 g/mol. The van der Waals surface area contributed by atoms with Crippen LogP contribution in [0.2, 0.25) is 0 Å². The van der Waals surface area contributed by atoms with Crippen molar-refractivity contribution in [3.05, 3.63) is 0 Å². The van der Waals surface area contributed by atoms with Crippen molar-refractivity contribution in [1.29, 1.82) is 5.26 Å². The Labute approximate surface area is 100 Å². The number of nitrogens with zero attached hydrogens (tertiary/aromatic N) is 1. The van der Waals surface area contributed by atoms with Gasteiger partial charge in [-0.15, -0.1) is 0 Å². The van der Waals surface area contributed by atoms with Crippen molar-refractivity contribution in [1.82, 2.24) is 0 Å². The molecule has 2 nitrogen and oxygen atoms in total. The molecule has 2 aliphatic rings. The van der Waals surface area contributed by atoms with Gasteiger partial charge in [0.2, 0.25) is 0 Å². The SMILES string of the molecule is CCC1(C#N)CC2[C@H](Br)C(C)OC2(C)C1. The maximum Gasteiger partial charge on any atom is 0.0714 e. The van der Waals surface area contributed by atoms with Gasteiger partial charge >= 0.3 is 0 Å². The van der Waals surface area contributed by atoms with E-state index in [2.05, 4.69) is 42.8 Å². The van der Waals surface area contributed by atoms with Crippen LogP contribution in [0.5, 0.6) is 0 Å². The van der Waals surface area contributed by atoms with Crippen LogP contribution in [0.3, 0.4) is 0 Å². The summed E-state index contributed by atoms with van der Waals surface area (Å²) in [6.45, 7) is 6.40. The lowest BCUT2D eigenvalue weighted by molar-refractivity contribution is -0.0344. The summed E-state index contributed by atoms with van der Waals surface area (Å²) < 4.78 is 6.05. The Morgan fingerprint density at radius 2 is 2.27 bits per heavy atom. The summed E-state index contributed by atoms with van der Waals surface area (Å²) in [7, 11) is 0. The average Bonchev–Trinajstić information content (AvgIpc) is 2.60. The van der Waals surface area contributed by atoms with Crippen molar-refractivity contribution in [2.75, 3.05) is 0 Å². The lowest BCUT2D eigenvalue weighted by Crippen LogP contribution is -2.28. The third-order valence-corrected chi connectivity index (χ3v) is 5.67. The molecule has 1 saturated heterocycles. The molecule has 3 heteroatoms. The van der Waals surface area contributed by atoms with Gasteiger partial charge in [-0.1, -0.05) is 22.9 Å². The van der Waals surface area contributed by atoms with Crippen molar-refractivity contribution in [3.63, 3.8) is 0 Å². The molecule has 0 bridgehead atoms. The second kappa shape index (κ2) is 3.46. The van der Waals surface area contributed by atoms with Gasteiger partial charge in [0, 0.05) is 10.7 Å². The minimum Gasteiger partial charge on any atom is -0.371 e. The van der Waals surface area contributed by atoms with Crippen LogP contribution in [0.1, 0.15) is 40.0 Å². The van der Waals surface area contributed by atoms with Gasteiger partial charge in [-0.25, -0.2) is 0 Å². The molecule has 0 aromatic rings. The van der Waals surface area contributed by atoms with E-state index in [4.69, 9.17) is 4.74 Å². The van der Waals surface area contributed by atoms with Crippen LogP contribution in [0, 0.1) is 22.7 Å². The Hall–Kier alpha value is -0.0700. The molecular formula is C12H18BrNO. The molecule has 15 heavy (non-hydrogen) atoms. The van der Waals surface area contributed by atoms with E-state index in [0.717, 1.165) is 19.3 Å². The number of hydrogen-bond acceptors (Lipinski definition) is 2. The highest BCUT2D eigenvalue weighted by atomic mass is 79.9. The second-order valence-electron chi connectivity index (χ2n) is 5.31. The van der Waals surface area contributed by atoms with Gasteiger partial charge in [0.05, 0.1) is 23.2 Å². The zero-order valence-corrected chi connectivity index (χ0v) is 11.2. The number of hydrogen-bond donors (Lipinski definition) is 0. The van der Waals surface area contributed by atoms with Crippen molar-refractivity contribution >= 4 is 15.9 Å². The zero-order chi connectivity index (χ0) is 11.3. The summed E-state index contributed by atoms with van der Waals surface area (Å²) in [5, 5.41) is 9.32. The van der Waals surface area contributed by atoms with Gasteiger partial charge in [0.1, 0.15) is 0 Å². The average molecular weight is 272 g/mol. The molecule has 0 radical (unpaired) electrons. The lowest BCUT2D eigenvalue weighted by Gasteiger charge is -2.25. The quantitative estimate of drug-likeness (QED) is 0.686. The largest absolute Gasteiger partial charge is 0.371 e. The lowest BCUT2D eigenvalue weighted by atomic mass is 9.83. The standard InChI is InChI=1S/C12H18BrNO/c1-4-12(7-14)5-9-10(13)8(2)15-11(9,3)6-12/h8-10H,4-6H2,1-3H3/t8?,9?,10-,11?,12?/m1/s1. The zero-order valence-electron chi connectivity index (χ0n) is 9.59. The summed E-state index contributed by atoms with van der Waals surface area (Å²) in [5.41, 5.74) is -0.231. The second-order valence-corrected chi connectivity index (χ2v) is 6.37. The summed E-state index contributed by atoms with van der Waals surface area (Å²) in [6, 6.07) is 2.52. The van der Waals surface area contributed by atoms with Crippen molar-refractivity contribution < 1.29 is 4.74 Å². The Kier molecular flexibility index (Phi) is 2.64. The van der Waals surface area contributed by atoms with Crippen molar-refractivity contribution in [2.24, 2.45) is 11.3 Å². The van der Waals surface area contributed by atoms with Gasteiger partial charge in [-0.2, -0.15) is 5.26 Å². The predicted molar refractivity (Wildman–Crippen MR) is 62.7 cm³/mol. The molecule has 2 rings (SSSR count). The third-order valence-electron chi connectivity index (χ3n) is 4.29. The summed E-state index contributed by atoms with van der Waals surface area (Å²) in [4.78, 5) is 0.407. The fraction of sp³-hybridized carbons (Fsp3) is 0.917. The third kappa shape index (κ3) is 1.54. The molecule has 0 N–H and O–H groups in total. The van der Waals surface area contributed by atoms with Crippen LogP contribution in [-0.2, 0) is 4.74 Å². The molecule has 0 aromatic carbocycles. The van der Waals surface area contributed by atoms with E-state index in [1.165, 1.54) is 0 Å². The molecule has 0 aromatic heterocycles. The van der Waals surface area contributed by atoms with Gasteiger partial charge in [-0.3, -0.25) is 0 Å². The molecule has 0 spiro atoms. The van der Waals surface area contributed by atoms with E-state index in [-0.39, 0.29) is 17.1 Å². The number of alkyl halides is 1.